The van der Waals surface area contributed by atoms with Crippen LogP contribution in [-0.4, -0.2) is 39.4 Å². The second kappa shape index (κ2) is 5.76. The second-order valence-electron chi connectivity index (χ2n) is 9.74. The molecule has 0 heterocycles. The van der Waals surface area contributed by atoms with Crippen LogP contribution < -0.4 is 0 Å². The third-order valence-corrected chi connectivity index (χ3v) is 8.82. The van der Waals surface area contributed by atoms with Crippen LogP contribution in [0.3, 0.4) is 0 Å². The van der Waals surface area contributed by atoms with Gasteiger partial charge in [-0.3, -0.25) is 4.79 Å². The highest BCUT2D eigenvalue weighted by atomic mass is 16.3. The molecule has 3 saturated carbocycles. The van der Waals surface area contributed by atoms with Crippen LogP contribution in [0, 0.1) is 28.6 Å². The molecule has 7 atom stereocenters. The highest BCUT2D eigenvalue weighted by Crippen LogP contribution is 2.68. The molecule has 0 bridgehead atoms. The minimum atomic E-state index is -1.10. The zero-order chi connectivity index (χ0) is 18.9. The Kier molecular flexibility index (Phi) is 4.08. The van der Waals surface area contributed by atoms with E-state index in [1.54, 1.807) is 0 Å². The van der Waals surface area contributed by atoms with Gasteiger partial charge in [0, 0.05) is 11.8 Å². The van der Waals surface area contributed by atoms with Gasteiger partial charge in [-0.25, -0.2) is 0 Å². The Balaban J connectivity index is 1.74. The van der Waals surface area contributed by atoms with Crippen molar-refractivity contribution in [1.29, 1.82) is 0 Å². The van der Waals surface area contributed by atoms with Crippen molar-refractivity contribution in [2.75, 3.05) is 6.61 Å². The molecule has 4 nitrogen and oxygen atoms in total. The molecule has 3 fully saturated rings. The molecule has 4 heteroatoms. The van der Waals surface area contributed by atoms with E-state index in [2.05, 4.69) is 20.4 Å². The molecule has 0 radical (unpaired) electrons. The SMILES string of the molecule is C=C(CO)[C@@]1(O)CC[C@H]2[C@@H]3CCC4=CC(=O)CC[C@]4(C)[C@H]3[C@H](O)C[C@@]21C. The summed E-state index contributed by atoms with van der Waals surface area (Å²) in [6.07, 6.45) is 6.69. The maximum absolute atomic E-state index is 11.9. The van der Waals surface area contributed by atoms with Crippen molar-refractivity contribution in [3.63, 3.8) is 0 Å². The number of allylic oxidation sites excluding steroid dienone is 1. The lowest BCUT2D eigenvalue weighted by molar-refractivity contribution is -0.162. The number of carbonyl (C=O) groups excluding carboxylic acids is 1. The first-order valence-corrected chi connectivity index (χ1v) is 10.1. The molecule has 0 aliphatic heterocycles. The Hall–Kier alpha value is -0.970. The van der Waals surface area contributed by atoms with Crippen LogP contribution in [-0.2, 0) is 4.79 Å². The average Bonchev–Trinajstić information content (AvgIpc) is 2.86. The summed E-state index contributed by atoms with van der Waals surface area (Å²) < 4.78 is 0. The molecular weight excluding hydrogens is 328 g/mol. The van der Waals surface area contributed by atoms with Gasteiger partial charge in [-0.15, -0.1) is 0 Å². The van der Waals surface area contributed by atoms with Crippen LogP contribution in [0.5, 0.6) is 0 Å². The summed E-state index contributed by atoms with van der Waals surface area (Å²) in [4.78, 5) is 11.9. The Bertz CT molecular complexity index is 682. The molecule has 4 aliphatic rings. The van der Waals surface area contributed by atoms with E-state index in [9.17, 15) is 20.1 Å². The molecule has 0 aromatic heterocycles. The Morgan fingerprint density at radius 2 is 2.00 bits per heavy atom. The first kappa shape index (κ1) is 18.4. The van der Waals surface area contributed by atoms with Crippen molar-refractivity contribution in [1.82, 2.24) is 0 Å². The predicted octanol–water partition coefficient (Wildman–Crippen LogP) is 2.77. The number of ketones is 1. The number of hydrogen-bond acceptors (Lipinski definition) is 4. The van der Waals surface area contributed by atoms with Crippen molar-refractivity contribution in [3.8, 4) is 0 Å². The van der Waals surface area contributed by atoms with E-state index < -0.39 is 17.1 Å². The number of carbonyl (C=O) groups is 1. The fourth-order valence-corrected chi connectivity index (χ4v) is 7.40. The van der Waals surface area contributed by atoms with Gasteiger partial charge in [-0.2, -0.15) is 0 Å². The van der Waals surface area contributed by atoms with Gasteiger partial charge in [-0.1, -0.05) is 26.0 Å². The van der Waals surface area contributed by atoms with Crippen molar-refractivity contribution >= 4 is 5.78 Å². The molecule has 0 saturated heterocycles. The molecule has 26 heavy (non-hydrogen) atoms. The highest BCUT2D eigenvalue weighted by Gasteiger charge is 2.66. The quantitative estimate of drug-likeness (QED) is 0.662. The Labute approximate surface area is 156 Å². The fraction of sp³-hybridized carbons (Fsp3) is 0.773. The summed E-state index contributed by atoms with van der Waals surface area (Å²) >= 11 is 0. The van der Waals surface area contributed by atoms with Gasteiger partial charge >= 0.3 is 0 Å². The monoisotopic (exact) mass is 360 g/mol. The lowest BCUT2D eigenvalue weighted by Crippen LogP contribution is -2.60. The Morgan fingerprint density at radius 3 is 2.69 bits per heavy atom. The van der Waals surface area contributed by atoms with Crippen LogP contribution in [0.15, 0.2) is 23.8 Å². The molecule has 144 valence electrons. The van der Waals surface area contributed by atoms with E-state index in [1.165, 1.54) is 5.57 Å². The predicted molar refractivity (Wildman–Crippen MR) is 99.3 cm³/mol. The smallest absolute Gasteiger partial charge is 0.155 e. The summed E-state index contributed by atoms with van der Waals surface area (Å²) in [7, 11) is 0. The second-order valence-corrected chi connectivity index (χ2v) is 9.74. The zero-order valence-electron chi connectivity index (χ0n) is 16.0. The Morgan fingerprint density at radius 1 is 1.27 bits per heavy atom. The summed E-state index contributed by atoms with van der Waals surface area (Å²) in [6, 6.07) is 0. The third kappa shape index (κ3) is 2.15. The molecule has 4 aliphatic carbocycles. The van der Waals surface area contributed by atoms with Crippen molar-refractivity contribution < 1.29 is 20.1 Å². The topological polar surface area (TPSA) is 77.8 Å². The zero-order valence-corrected chi connectivity index (χ0v) is 16.0. The normalized spacial score (nSPS) is 50.5. The summed E-state index contributed by atoms with van der Waals surface area (Å²) in [5.41, 5.74) is 0.0596. The third-order valence-electron chi connectivity index (χ3n) is 8.82. The van der Waals surface area contributed by atoms with Gasteiger partial charge in [0.15, 0.2) is 5.78 Å². The maximum atomic E-state index is 11.9. The number of aliphatic hydroxyl groups is 3. The molecule has 0 unspecified atom stereocenters. The van der Waals surface area contributed by atoms with Crippen molar-refractivity contribution in [2.24, 2.45) is 28.6 Å². The molecule has 0 amide bonds. The fourth-order valence-electron chi connectivity index (χ4n) is 7.40. The minimum Gasteiger partial charge on any atom is -0.393 e. The van der Waals surface area contributed by atoms with Gasteiger partial charge in [0.2, 0.25) is 0 Å². The number of aliphatic hydroxyl groups excluding tert-OH is 2. The van der Waals surface area contributed by atoms with Gasteiger partial charge in [-0.05, 0) is 73.3 Å². The molecule has 0 aromatic carbocycles. The molecular formula is C22H32O4. The molecule has 4 rings (SSSR count). The summed E-state index contributed by atoms with van der Waals surface area (Å²) in [6.45, 7) is 8.06. The number of rotatable bonds is 2. The van der Waals surface area contributed by atoms with E-state index in [1.807, 2.05) is 6.08 Å². The first-order chi connectivity index (χ1) is 12.2. The van der Waals surface area contributed by atoms with E-state index in [0.29, 0.717) is 36.7 Å². The average molecular weight is 360 g/mol. The molecule has 0 aromatic rings. The minimum absolute atomic E-state index is 0.105. The molecule has 3 N–H and O–H groups in total. The van der Waals surface area contributed by atoms with Gasteiger partial charge < -0.3 is 15.3 Å². The first-order valence-electron chi connectivity index (χ1n) is 10.1. The van der Waals surface area contributed by atoms with E-state index in [-0.39, 0.29) is 23.7 Å². The van der Waals surface area contributed by atoms with Crippen LogP contribution in [0.25, 0.3) is 0 Å². The number of fused-ring (bicyclic) bond motifs is 5. The standard InChI is InChI=1S/C22H32O4/c1-13(12-23)22(26)9-7-17-16-5-4-14-10-15(24)6-8-20(14,2)19(16)18(25)11-21(17,22)3/h10,16-19,23,25-26H,1,4-9,11-12H2,2-3H3/t16-,17-,18+,19+,20-,21-,22-/m0/s1. The van der Waals surface area contributed by atoms with Crippen LogP contribution in [0.2, 0.25) is 0 Å². The van der Waals surface area contributed by atoms with E-state index >= 15 is 0 Å². The lowest BCUT2D eigenvalue weighted by atomic mass is 9.45. The lowest BCUT2D eigenvalue weighted by Gasteiger charge is -2.61. The van der Waals surface area contributed by atoms with Gasteiger partial charge in [0.1, 0.15) is 0 Å². The van der Waals surface area contributed by atoms with Crippen LogP contribution in [0.4, 0.5) is 0 Å². The number of hydrogen-bond donors (Lipinski definition) is 3. The van der Waals surface area contributed by atoms with Gasteiger partial charge in [0.05, 0.1) is 18.3 Å². The van der Waals surface area contributed by atoms with Crippen molar-refractivity contribution in [2.45, 2.75) is 70.5 Å². The van der Waals surface area contributed by atoms with E-state index in [0.717, 1.165) is 25.7 Å². The highest BCUT2D eigenvalue weighted by molar-refractivity contribution is 5.91. The summed E-state index contributed by atoms with van der Waals surface area (Å²) in [5.74, 6) is 1.04. The van der Waals surface area contributed by atoms with Crippen LogP contribution in [0.1, 0.15) is 58.8 Å². The van der Waals surface area contributed by atoms with Crippen LogP contribution >= 0.6 is 0 Å². The van der Waals surface area contributed by atoms with Crippen molar-refractivity contribution in [3.05, 3.63) is 23.8 Å². The largest absolute Gasteiger partial charge is 0.393 e. The van der Waals surface area contributed by atoms with E-state index in [4.69, 9.17) is 0 Å². The summed E-state index contributed by atoms with van der Waals surface area (Å²) in [5, 5.41) is 32.3. The maximum Gasteiger partial charge on any atom is 0.155 e. The molecule has 0 spiro atoms. The van der Waals surface area contributed by atoms with Gasteiger partial charge in [0.25, 0.3) is 0 Å².